The standard InChI is InChI=1S/C27H49N3O11S/c31-24(4-2-1-3-23-26-22(21-42-23)29-27(34)30-26)28-6-8-36-10-12-38-14-16-40-18-20-41-19-17-39-15-13-37-11-9-35-7-5-25(32)33/h22-23,26H,1-21H2,(H,28,31)(H,32,33)(H2,29,30,34)/t22-,23-,26-/m0/s1. The fourth-order valence-corrected chi connectivity index (χ4v) is 5.75. The number of nitrogens with one attached hydrogen (secondary N) is 3. The molecule has 2 fully saturated rings. The van der Waals surface area contributed by atoms with E-state index >= 15 is 0 Å². The largest absolute Gasteiger partial charge is 0.481 e. The second-order valence-electron chi connectivity index (χ2n) is 9.65. The Morgan fingerprint density at radius 2 is 1.21 bits per heavy atom. The zero-order chi connectivity index (χ0) is 30.1. The van der Waals surface area contributed by atoms with Gasteiger partial charge in [-0.3, -0.25) is 9.59 Å². The fraction of sp³-hybridized carbons (Fsp3) is 0.889. The highest BCUT2D eigenvalue weighted by Crippen LogP contribution is 2.33. The minimum Gasteiger partial charge on any atom is -0.481 e. The third-order valence-corrected chi connectivity index (χ3v) is 7.85. The number of fused-ring (bicyclic) bond motifs is 1. The number of carboxylic acid groups (broad SMARTS) is 1. The predicted molar refractivity (Wildman–Crippen MR) is 155 cm³/mol. The summed E-state index contributed by atoms with van der Waals surface area (Å²) < 4.78 is 37.6. The molecule has 0 unspecified atom stereocenters. The Kier molecular flexibility index (Phi) is 21.4. The molecule has 2 saturated heterocycles. The van der Waals surface area contributed by atoms with Crippen LogP contribution in [0.4, 0.5) is 4.79 Å². The molecule has 0 saturated carbocycles. The van der Waals surface area contributed by atoms with E-state index in [0.717, 1.165) is 25.0 Å². The highest BCUT2D eigenvalue weighted by molar-refractivity contribution is 8.00. The molecule has 2 rings (SSSR count). The average Bonchev–Trinajstić information content (AvgIpc) is 3.52. The maximum atomic E-state index is 12.0. The molecule has 0 bridgehead atoms. The van der Waals surface area contributed by atoms with Crippen molar-refractivity contribution in [1.82, 2.24) is 16.0 Å². The third-order valence-electron chi connectivity index (χ3n) is 6.34. The highest BCUT2D eigenvalue weighted by atomic mass is 32.2. The Morgan fingerprint density at radius 3 is 1.74 bits per heavy atom. The number of unbranched alkanes of at least 4 members (excludes halogenated alkanes) is 1. The molecule has 42 heavy (non-hydrogen) atoms. The van der Waals surface area contributed by atoms with Crippen molar-refractivity contribution >= 4 is 29.7 Å². The predicted octanol–water partition coefficient (Wildman–Crippen LogP) is 0.419. The first kappa shape index (κ1) is 36.5. The molecular weight excluding hydrogens is 574 g/mol. The SMILES string of the molecule is O=C(O)CCOCCOCCOCCOCCOCCOCCOCCNC(=O)CCCC[C@@H]1SC[C@@H]2NC(=O)N[C@@H]21. The zero-order valence-corrected chi connectivity index (χ0v) is 25.3. The zero-order valence-electron chi connectivity index (χ0n) is 24.5. The number of carbonyl (C=O) groups is 3. The molecule has 0 radical (unpaired) electrons. The maximum Gasteiger partial charge on any atom is 0.315 e. The first-order valence-electron chi connectivity index (χ1n) is 14.8. The van der Waals surface area contributed by atoms with Gasteiger partial charge in [0.25, 0.3) is 0 Å². The van der Waals surface area contributed by atoms with Gasteiger partial charge in [0.2, 0.25) is 5.91 Å². The number of hydrogen-bond donors (Lipinski definition) is 4. The van der Waals surface area contributed by atoms with Crippen molar-refractivity contribution in [3.05, 3.63) is 0 Å². The summed E-state index contributed by atoms with van der Waals surface area (Å²) >= 11 is 1.90. The summed E-state index contributed by atoms with van der Waals surface area (Å²) in [6.45, 7) is 6.51. The van der Waals surface area contributed by atoms with Gasteiger partial charge in [-0.2, -0.15) is 11.8 Å². The summed E-state index contributed by atoms with van der Waals surface area (Å²) in [4.78, 5) is 33.7. The minimum atomic E-state index is -0.877. The highest BCUT2D eigenvalue weighted by Gasteiger charge is 2.42. The van der Waals surface area contributed by atoms with E-state index in [-0.39, 0.29) is 37.0 Å². The van der Waals surface area contributed by atoms with E-state index in [1.807, 2.05) is 11.8 Å². The van der Waals surface area contributed by atoms with Crippen molar-refractivity contribution in [2.75, 3.05) is 105 Å². The number of aliphatic carboxylic acids is 1. The van der Waals surface area contributed by atoms with Gasteiger partial charge in [0, 0.05) is 24.0 Å². The lowest BCUT2D eigenvalue weighted by Gasteiger charge is -2.16. The second-order valence-corrected chi connectivity index (χ2v) is 10.9. The second kappa shape index (κ2) is 24.7. The van der Waals surface area contributed by atoms with Crippen molar-refractivity contribution in [3.63, 3.8) is 0 Å². The van der Waals surface area contributed by atoms with Crippen molar-refractivity contribution < 1.29 is 52.6 Å². The third kappa shape index (κ3) is 18.7. The maximum absolute atomic E-state index is 12.0. The number of rotatable bonds is 29. The number of urea groups is 1. The summed E-state index contributed by atoms with van der Waals surface area (Å²) in [5.74, 6) is 0.119. The van der Waals surface area contributed by atoms with E-state index in [9.17, 15) is 14.4 Å². The monoisotopic (exact) mass is 623 g/mol. The summed E-state index contributed by atoms with van der Waals surface area (Å²) in [5, 5.41) is 17.7. The smallest absolute Gasteiger partial charge is 0.315 e. The van der Waals surface area contributed by atoms with Crippen LogP contribution < -0.4 is 16.0 Å². The molecule has 2 aliphatic heterocycles. The van der Waals surface area contributed by atoms with Crippen LogP contribution in [-0.4, -0.2) is 145 Å². The van der Waals surface area contributed by atoms with Crippen LogP contribution in [0.15, 0.2) is 0 Å². The summed E-state index contributed by atoms with van der Waals surface area (Å²) in [6, 6.07) is 0.403. The quantitative estimate of drug-likeness (QED) is 0.0670. The topological polar surface area (TPSA) is 172 Å². The number of ether oxygens (including phenoxy) is 7. The molecule has 3 amide bonds. The van der Waals surface area contributed by atoms with Gasteiger partial charge >= 0.3 is 12.0 Å². The molecule has 0 aliphatic carbocycles. The van der Waals surface area contributed by atoms with E-state index in [1.165, 1.54) is 0 Å². The summed E-state index contributed by atoms with van der Waals surface area (Å²) in [7, 11) is 0. The number of carbonyl (C=O) groups excluding carboxylic acids is 2. The molecule has 14 nitrogen and oxygen atoms in total. The molecule has 2 heterocycles. The molecule has 0 aromatic rings. The molecule has 0 aromatic heterocycles. The molecule has 2 aliphatic rings. The number of amides is 3. The van der Waals surface area contributed by atoms with Crippen LogP contribution in [0.2, 0.25) is 0 Å². The normalized spacial score (nSPS) is 19.4. The van der Waals surface area contributed by atoms with Crippen molar-refractivity contribution in [2.45, 2.75) is 49.4 Å². The lowest BCUT2D eigenvalue weighted by Crippen LogP contribution is -2.36. The van der Waals surface area contributed by atoms with Gasteiger partial charge in [-0.05, 0) is 12.8 Å². The van der Waals surface area contributed by atoms with Crippen LogP contribution in [-0.2, 0) is 42.7 Å². The summed E-state index contributed by atoms with van der Waals surface area (Å²) in [6.07, 6.45) is 3.32. The van der Waals surface area contributed by atoms with E-state index in [0.29, 0.717) is 104 Å². The average molecular weight is 624 g/mol. The van der Waals surface area contributed by atoms with Gasteiger partial charge in [-0.1, -0.05) is 6.42 Å². The van der Waals surface area contributed by atoms with Crippen LogP contribution >= 0.6 is 11.8 Å². The van der Waals surface area contributed by atoms with Crippen molar-refractivity contribution in [2.24, 2.45) is 0 Å². The van der Waals surface area contributed by atoms with Gasteiger partial charge in [-0.15, -0.1) is 0 Å². The van der Waals surface area contributed by atoms with Crippen molar-refractivity contribution in [3.8, 4) is 0 Å². The molecule has 4 N–H and O–H groups in total. The van der Waals surface area contributed by atoms with Crippen molar-refractivity contribution in [1.29, 1.82) is 0 Å². The Balaban J connectivity index is 1.20. The molecule has 3 atom stereocenters. The lowest BCUT2D eigenvalue weighted by atomic mass is 10.0. The first-order valence-corrected chi connectivity index (χ1v) is 15.8. The Morgan fingerprint density at radius 1 is 0.714 bits per heavy atom. The Bertz CT molecular complexity index is 737. The van der Waals surface area contributed by atoms with Gasteiger partial charge in [0.1, 0.15) is 0 Å². The number of hydrogen-bond acceptors (Lipinski definition) is 11. The molecule has 15 heteroatoms. The van der Waals surface area contributed by atoms with Crippen LogP contribution in [0, 0.1) is 0 Å². The van der Waals surface area contributed by atoms with Gasteiger partial charge in [0.05, 0.1) is 111 Å². The van der Waals surface area contributed by atoms with E-state index < -0.39 is 5.97 Å². The van der Waals surface area contributed by atoms with E-state index in [2.05, 4.69) is 16.0 Å². The van der Waals surface area contributed by atoms with Gasteiger partial charge in [0.15, 0.2) is 0 Å². The molecule has 244 valence electrons. The van der Waals surface area contributed by atoms with Crippen LogP contribution in [0.5, 0.6) is 0 Å². The fourth-order valence-electron chi connectivity index (χ4n) is 4.21. The van der Waals surface area contributed by atoms with Crippen LogP contribution in [0.25, 0.3) is 0 Å². The molecular formula is C27H49N3O11S. The van der Waals surface area contributed by atoms with Crippen LogP contribution in [0.3, 0.4) is 0 Å². The Hall–Kier alpha value is -1.72. The van der Waals surface area contributed by atoms with Gasteiger partial charge in [-0.25, -0.2) is 4.79 Å². The summed E-state index contributed by atoms with van der Waals surface area (Å²) in [5.41, 5.74) is 0. The molecule has 0 spiro atoms. The van der Waals surface area contributed by atoms with E-state index in [1.54, 1.807) is 0 Å². The number of thioether (sulfide) groups is 1. The minimum absolute atomic E-state index is 0.00550. The lowest BCUT2D eigenvalue weighted by molar-refractivity contribution is -0.138. The Labute approximate surface area is 252 Å². The van der Waals surface area contributed by atoms with Gasteiger partial charge < -0.3 is 54.2 Å². The van der Waals surface area contributed by atoms with E-state index in [4.69, 9.17) is 38.3 Å². The molecule has 0 aromatic carbocycles. The van der Waals surface area contributed by atoms with Crippen LogP contribution in [0.1, 0.15) is 32.1 Å². The first-order chi connectivity index (χ1) is 20.6. The number of carboxylic acids is 1.